The summed E-state index contributed by atoms with van der Waals surface area (Å²) in [7, 11) is 0. The molecule has 0 atom stereocenters. The zero-order valence-corrected chi connectivity index (χ0v) is 6.18. The van der Waals surface area contributed by atoms with Crippen LogP contribution in [0.25, 0.3) is 0 Å². The second-order valence-corrected chi connectivity index (χ2v) is 2.62. The smallest absolute Gasteiger partial charge is 0.223 e. The molecule has 0 aromatic carbocycles. The van der Waals surface area contributed by atoms with E-state index in [9.17, 15) is 4.79 Å². The van der Waals surface area contributed by atoms with Crippen LogP contribution in [0.2, 0.25) is 0 Å². The van der Waals surface area contributed by atoms with Crippen LogP contribution in [-0.4, -0.2) is 24.5 Å². The highest BCUT2D eigenvalue weighted by Gasteiger charge is 2.02. The minimum Gasteiger partial charge on any atom is -0.281 e. The van der Waals surface area contributed by atoms with Gasteiger partial charge < -0.3 is 0 Å². The highest BCUT2D eigenvalue weighted by molar-refractivity contribution is 5.45. The van der Waals surface area contributed by atoms with Crippen LogP contribution in [0.15, 0.2) is 0 Å². The molecule has 0 radical (unpaired) electrons. The van der Waals surface area contributed by atoms with Crippen LogP contribution < -0.4 is 5.43 Å². The molecule has 1 heterocycles. The van der Waals surface area contributed by atoms with Gasteiger partial charge >= 0.3 is 0 Å². The standard InChI is InChI=1S/C7H14N2O/c10-7-9-6-4-2-1-3-5-8-9/h7-8H,1-6H2. The maximum Gasteiger partial charge on any atom is 0.223 e. The van der Waals surface area contributed by atoms with Crippen molar-refractivity contribution in [3.63, 3.8) is 0 Å². The Morgan fingerprint density at radius 1 is 1.20 bits per heavy atom. The zero-order chi connectivity index (χ0) is 7.23. The Morgan fingerprint density at radius 2 is 2.00 bits per heavy atom. The fourth-order valence-electron chi connectivity index (χ4n) is 1.15. The van der Waals surface area contributed by atoms with Gasteiger partial charge in [0.25, 0.3) is 0 Å². The largest absolute Gasteiger partial charge is 0.281 e. The Bertz CT molecular complexity index is 97.8. The van der Waals surface area contributed by atoms with Gasteiger partial charge in [0.2, 0.25) is 6.41 Å². The molecule has 1 fully saturated rings. The summed E-state index contributed by atoms with van der Waals surface area (Å²) in [4.78, 5) is 10.3. The van der Waals surface area contributed by atoms with Gasteiger partial charge in [0, 0.05) is 13.1 Å². The van der Waals surface area contributed by atoms with Crippen molar-refractivity contribution in [2.75, 3.05) is 13.1 Å². The van der Waals surface area contributed by atoms with E-state index >= 15 is 0 Å². The number of rotatable bonds is 1. The minimum absolute atomic E-state index is 0.865. The molecule has 0 spiro atoms. The maximum atomic E-state index is 10.3. The summed E-state index contributed by atoms with van der Waals surface area (Å²) in [5.41, 5.74) is 3.04. The van der Waals surface area contributed by atoms with Crippen molar-refractivity contribution >= 4 is 6.41 Å². The van der Waals surface area contributed by atoms with Crippen molar-refractivity contribution in [1.29, 1.82) is 0 Å². The van der Waals surface area contributed by atoms with E-state index in [0.717, 1.165) is 25.9 Å². The zero-order valence-electron chi connectivity index (χ0n) is 6.18. The predicted molar refractivity (Wildman–Crippen MR) is 39.2 cm³/mol. The number of hydrogen-bond donors (Lipinski definition) is 1. The third kappa shape index (κ3) is 2.35. The van der Waals surface area contributed by atoms with Gasteiger partial charge in [0.05, 0.1) is 0 Å². The molecule has 1 aliphatic rings. The van der Waals surface area contributed by atoms with Crippen LogP contribution in [0.5, 0.6) is 0 Å². The van der Waals surface area contributed by atoms with E-state index < -0.39 is 0 Å². The van der Waals surface area contributed by atoms with Gasteiger partial charge in [0.15, 0.2) is 0 Å². The van der Waals surface area contributed by atoms with Gasteiger partial charge in [-0.1, -0.05) is 12.8 Å². The Morgan fingerprint density at radius 3 is 2.80 bits per heavy atom. The van der Waals surface area contributed by atoms with Crippen molar-refractivity contribution in [2.24, 2.45) is 0 Å². The molecule has 1 amide bonds. The molecule has 0 saturated carbocycles. The molecule has 58 valence electrons. The molecule has 0 bridgehead atoms. The van der Waals surface area contributed by atoms with Crippen LogP contribution in [0, 0.1) is 0 Å². The Balaban J connectivity index is 2.22. The number of nitrogens with zero attached hydrogens (tertiary/aromatic N) is 1. The van der Waals surface area contributed by atoms with E-state index in [4.69, 9.17) is 0 Å². The van der Waals surface area contributed by atoms with Gasteiger partial charge in [0.1, 0.15) is 0 Å². The number of carbonyl (C=O) groups excluding carboxylic acids is 1. The molecule has 1 rings (SSSR count). The van der Waals surface area contributed by atoms with Gasteiger partial charge in [-0.2, -0.15) is 0 Å². The average Bonchev–Trinajstić information content (AvgIpc) is 1.87. The number of hydrazine groups is 1. The second kappa shape index (κ2) is 4.28. The Labute approximate surface area is 61.4 Å². The molecule has 1 aliphatic heterocycles. The summed E-state index contributed by atoms with van der Waals surface area (Å²) >= 11 is 0. The molecule has 1 N–H and O–H groups in total. The fourth-order valence-corrected chi connectivity index (χ4v) is 1.15. The lowest BCUT2D eigenvalue weighted by Gasteiger charge is -2.20. The predicted octanol–water partition coefficient (Wildman–Crippen LogP) is 0.523. The fraction of sp³-hybridized carbons (Fsp3) is 0.857. The summed E-state index contributed by atoms with van der Waals surface area (Å²) in [5, 5.41) is 1.64. The third-order valence-electron chi connectivity index (χ3n) is 1.77. The van der Waals surface area contributed by atoms with Crippen molar-refractivity contribution in [3.05, 3.63) is 0 Å². The van der Waals surface area contributed by atoms with Gasteiger partial charge in [-0.15, -0.1) is 0 Å². The maximum absolute atomic E-state index is 10.3. The first-order valence-corrected chi connectivity index (χ1v) is 3.89. The first-order valence-electron chi connectivity index (χ1n) is 3.89. The highest BCUT2D eigenvalue weighted by atomic mass is 16.1. The quantitative estimate of drug-likeness (QED) is 0.541. The topological polar surface area (TPSA) is 32.3 Å². The van der Waals surface area contributed by atoms with E-state index in [1.165, 1.54) is 19.3 Å². The summed E-state index contributed by atoms with van der Waals surface area (Å²) in [6.07, 6.45) is 5.73. The van der Waals surface area contributed by atoms with Gasteiger partial charge in [-0.05, 0) is 12.8 Å². The van der Waals surface area contributed by atoms with Gasteiger partial charge in [-0.3, -0.25) is 9.80 Å². The monoisotopic (exact) mass is 142 g/mol. The van der Waals surface area contributed by atoms with Crippen LogP contribution in [0.4, 0.5) is 0 Å². The molecule has 3 heteroatoms. The lowest BCUT2D eigenvalue weighted by atomic mass is 10.2. The molecule has 1 saturated heterocycles. The summed E-state index contributed by atoms with van der Waals surface area (Å²) in [6, 6.07) is 0. The minimum atomic E-state index is 0.865. The van der Waals surface area contributed by atoms with E-state index in [-0.39, 0.29) is 0 Å². The lowest BCUT2D eigenvalue weighted by Crippen LogP contribution is -2.39. The molecule has 0 aliphatic carbocycles. The summed E-state index contributed by atoms with van der Waals surface area (Å²) in [5.74, 6) is 0. The Kier molecular flexibility index (Phi) is 3.22. The summed E-state index contributed by atoms with van der Waals surface area (Å²) in [6.45, 7) is 1.81. The SMILES string of the molecule is O=CN1CCCCCCN1. The van der Waals surface area contributed by atoms with E-state index in [1.54, 1.807) is 5.01 Å². The average molecular weight is 142 g/mol. The number of hydrogen-bond acceptors (Lipinski definition) is 2. The van der Waals surface area contributed by atoms with Crippen LogP contribution >= 0.6 is 0 Å². The normalized spacial score (nSPS) is 21.4. The van der Waals surface area contributed by atoms with E-state index in [1.807, 2.05) is 0 Å². The molecular formula is C7H14N2O. The first kappa shape index (κ1) is 7.54. The number of nitrogens with one attached hydrogen (secondary N) is 1. The van der Waals surface area contributed by atoms with Crippen LogP contribution in [0.1, 0.15) is 25.7 Å². The van der Waals surface area contributed by atoms with Crippen molar-refractivity contribution in [2.45, 2.75) is 25.7 Å². The van der Waals surface area contributed by atoms with Crippen molar-refractivity contribution in [3.8, 4) is 0 Å². The van der Waals surface area contributed by atoms with Gasteiger partial charge in [-0.25, -0.2) is 5.43 Å². The van der Waals surface area contributed by atoms with Crippen molar-refractivity contribution in [1.82, 2.24) is 10.4 Å². The molecule has 10 heavy (non-hydrogen) atoms. The molecule has 0 aromatic rings. The van der Waals surface area contributed by atoms with E-state index in [0.29, 0.717) is 0 Å². The first-order chi connectivity index (χ1) is 4.93. The number of carbonyl (C=O) groups is 1. The van der Waals surface area contributed by atoms with Crippen LogP contribution in [0.3, 0.4) is 0 Å². The van der Waals surface area contributed by atoms with Crippen molar-refractivity contribution < 1.29 is 4.79 Å². The molecular weight excluding hydrogens is 128 g/mol. The number of amides is 1. The van der Waals surface area contributed by atoms with Crippen LogP contribution in [-0.2, 0) is 4.79 Å². The third-order valence-corrected chi connectivity index (χ3v) is 1.77. The lowest BCUT2D eigenvalue weighted by molar-refractivity contribution is -0.121. The molecule has 3 nitrogen and oxygen atoms in total. The summed E-state index contributed by atoms with van der Waals surface area (Å²) < 4.78 is 0. The second-order valence-electron chi connectivity index (χ2n) is 2.62. The molecule has 0 unspecified atom stereocenters. The Hall–Kier alpha value is -0.570. The highest BCUT2D eigenvalue weighted by Crippen LogP contribution is 2.02. The molecule has 0 aromatic heterocycles. The van der Waals surface area contributed by atoms with E-state index in [2.05, 4.69) is 5.43 Å².